The van der Waals surface area contributed by atoms with E-state index in [9.17, 15) is 4.39 Å². The van der Waals surface area contributed by atoms with Crippen LogP contribution in [0.2, 0.25) is 0 Å². The fraction of sp³-hybridized carbons (Fsp3) is 0.182. The molecule has 1 N–H and O–H groups in total. The molecule has 92 valence electrons. The Kier molecular flexibility index (Phi) is 2.67. The number of thiazole rings is 1. The molecule has 2 heterocycles. The third-order valence-electron chi connectivity index (χ3n) is 2.55. The Labute approximate surface area is 106 Å². The smallest absolute Gasteiger partial charge is 0.184 e. The van der Waals surface area contributed by atoms with Gasteiger partial charge in [0.2, 0.25) is 0 Å². The molecule has 2 aromatic heterocycles. The van der Waals surface area contributed by atoms with Crippen LogP contribution < -0.4 is 5.32 Å². The maximum atomic E-state index is 13.0. The third-order valence-corrected chi connectivity index (χ3v) is 3.55. The van der Waals surface area contributed by atoms with Gasteiger partial charge in [0, 0.05) is 13.1 Å². The van der Waals surface area contributed by atoms with Crippen LogP contribution in [-0.4, -0.2) is 19.7 Å². The summed E-state index contributed by atoms with van der Waals surface area (Å²) in [5, 5.41) is 11.7. The first-order chi connectivity index (χ1) is 8.72. The zero-order valence-corrected chi connectivity index (χ0v) is 10.4. The van der Waals surface area contributed by atoms with E-state index in [0.29, 0.717) is 12.1 Å². The minimum atomic E-state index is -0.271. The zero-order valence-electron chi connectivity index (χ0n) is 9.59. The molecule has 5 nitrogen and oxygen atoms in total. The molecule has 0 amide bonds. The van der Waals surface area contributed by atoms with Gasteiger partial charge in [-0.15, -0.1) is 10.2 Å². The molecule has 0 atom stereocenters. The number of nitrogens with zero attached hydrogens (tertiary/aromatic N) is 4. The van der Waals surface area contributed by atoms with E-state index in [1.807, 2.05) is 11.6 Å². The van der Waals surface area contributed by atoms with Gasteiger partial charge in [0.1, 0.15) is 12.1 Å². The van der Waals surface area contributed by atoms with Crippen molar-refractivity contribution in [2.45, 2.75) is 6.54 Å². The molecule has 0 saturated carbocycles. The second kappa shape index (κ2) is 4.34. The monoisotopic (exact) mass is 263 g/mol. The standard InChI is InChI=1S/C11H10FN5S/c1-17-6-14-16-10(17)5-13-11-15-8-4-7(12)2-3-9(8)18-11/h2-4,6H,5H2,1H3,(H,13,15). The number of benzene rings is 1. The highest BCUT2D eigenvalue weighted by Crippen LogP contribution is 2.26. The third kappa shape index (κ3) is 2.04. The summed E-state index contributed by atoms with van der Waals surface area (Å²) < 4.78 is 15.8. The second-order valence-electron chi connectivity index (χ2n) is 3.84. The molecule has 0 saturated heterocycles. The summed E-state index contributed by atoms with van der Waals surface area (Å²) in [6, 6.07) is 4.60. The number of hydrogen-bond acceptors (Lipinski definition) is 5. The van der Waals surface area contributed by atoms with Crippen molar-refractivity contribution in [2.75, 3.05) is 5.32 Å². The first kappa shape index (κ1) is 11.1. The molecule has 0 aliphatic rings. The van der Waals surface area contributed by atoms with Crippen LogP contribution in [0.5, 0.6) is 0 Å². The van der Waals surface area contributed by atoms with Crippen molar-refractivity contribution in [3.63, 3.8) is 0 Å². The lowest BCUT2D eigenvalue weighted by molar-refractivity contribution is 0.629. The molecule has 0 bridgehead atoms. The molecule has 7 heteroatoms. The van der Waals surface area contributed by atoms with Crippen LogP contribution in [0.4, 0.5) is 9.52 Å². The Morgan fingerprint density at radius 2 is 2.33 bits per heavy atom. The fourth-order valence-electron chi connectivity index (χ4n) is 1.60. The Hall–Kier alpha value is -2.02. The summed E-state index contributed by atoms with van der Waals surface area (Å²) in [7, 11) is 1.88. The predicted octanol–water partition coefficient (Wildman–Crippen LogP) is 2.18. The Morgan fingerprint density at radius 3 is 3.11 bits per heavy atom. The summed E-state index contributed by atoms with van der Waals surface area (Å²) >= 11 is 1.49. The summed E-state index contributed by atoms with van der Waals surface area (Å²) in [6.07, 6.45) is 1.64. The molecule has 3 aromatic rings. The van der Waals surface area contributed by atoms with Crippen LogP contribution in [0.15, 0.2) is 24.5 Å². The summed E-state index contributed by atoms with van der Waals surface area (Å²) in [5.41, 5.74) is 0.667. The molecule has 3 rings (SSSR count). The maximum Gasteiger partial charge on any atom is 0.184 e. The lowest BCUT2D eigenvalue weighted by Crippen LogP contribution is -2.05. The van der Waals surface area contributed by atoms with E-state index in [-0.39, 0.29) is 5.82 Å². The first-order valence-electron chi connectivity index (χ1n) is 5.35. The summed E-state index contributed by atoms with van der Waals surface area (Å²) in [4.78, 5) is 4.31. The summed E-state index contributed by atoms with van der Waals surface area (Å²) in [5.74, 6) is 0.549. The van der Waals surface area contributed by atoms with Crippen LogP contribution in [0, 0.1) is 5.82 Å². The fourth-order valence-corrected chi connectivity index (χ4v) is 2.44. The van der Waals surface area contributed by atoms with Gasteiger partial charge in [0.15, 0.2) is 11.0 Å². The van der Waals surface area contributed by atoms with Gasteiger partial charge in [0.25, 0.3) is 0 Å². The zero-order chi connectivity index (χ0) is 12.5. The molecule has 0 unspecified atom stereocenters. The van der Waals surface area contributed by atoms with E-state index >= 15 is 0 Å². The molecular weight excluding hydrogens is 253 g/mol. The number of anilines is 1. The van der Waals surface area contributed by atoms with Gasteiger partial charge in [-0.2, -0.15) is 0 Å². The van der Waals surface area contributed by atoms with Gasteiger partial charge in [-0.05, 0) is 12.1 Å². The SMILES string of the molecule is Cn1cnnc1CNc1nc2cc(F)ccc2s1. The highest BCUT2D eigenvalue weighted by atomic mass is 32.1. The lowest BCUT2D eigenvalue weighted by Gasteiger charge is -2.00. The molecular formula is C11H10FN5S. The molecule has 18 heavy (non-hydrogen) atoms. The van der Waals surface area contributed by atoms with Crippen molar-refractivity contribution in [1.29, 1.82) is 0 Å². The molecule has 0 fully saturated rings. The van der Waals surface area contributed by atoms with E-state index in [0.717, 1.165) is 15.7 Å². The van der Waals surface area contributed by atoms with E-state index in [2.05, 4.69) is 20.5 Å². The topological polar surface area (TPSA) is 55.6 Å². The number of fused-ring (bicyclic) bond motifs is 1. The highest BCUT2D eigenvalue weighted by Gasteiger charge is 2.06. The van der Waals surface area contributed by atoms with Crippen molar-refractivity contribution in [3.8, 4) is 0 Å². The lowest BCUT2D eigenvalue weighted by atomic mass is 10.3. The van der Waals surface area contributed by atoms with Crippen LogP contribution in [0.1, 0.15) is 5.82 Å². The number of halogens is 1. The van der Waals surface area contributed by atoms with Crippen molar-refractivity contribution < 1.29 is 4.39 Å². The normalized spacial score (nSPS) is 11.0. The van der Waals surface area contributed by atoms with E-state index in [4.69, 9.17) is 0 Å². The largest absolute Gasteiger partial charge is 0.354 e. The van der Waals surface area contributed by atoms with Crippen molar-refractivity contribution >= 4 is 26.7 Å². The Bertz CT molecular complexity index is 690. The maximum absolute atomic E-state index is 13.0. The van der Waals surface area contributed by atoms with Gasteiger partial charge >= 0.3 is 0 Å². The van der Waals surface area contributed by atoms with E-state index in [1.165, 1.54) is 23.5 Å². The Morgan fingerprint density at radius 1 is 1.44 bits per heavy atom. The second-order valence-corrected chi connectivity index (χ2v) is 4.87. The summed E-state index contributed by atoms with van der Waals surface area (Å²) in [6.45, 7) is 0.540. The van der Waals surface area contributed by atoms with Crippen LogP contribution in [0.3, 0.4) is 0 Å². The van der Waals surface area contributed by atoms with Crippen molar-refractivity contribution in [1.82, 2.24) is 19.7 Å². The van der Waals surface area contributed by atoms with Gasteiger partial charge < -0.3 is 9.88 Å². The van der Waals surface area contributed by atoms with Gasteiger partial charge in [-0.3, -0.25) is 0 Å². The van der Waals surface area contributed by atoms with Gasteiger partial charge in [-0.1, -0.05) is 11.3 Å². The first-order valence-corrected chi connectivity index (χ1v) is 6.17. The minimum absolute atomic E-state index is 0.271. The van der Waals surface area contributed by atoms with Crippen molar-refractivity contribution in [3.05, 3.63) is 36.2 Å². The molecule has 0 aliphatic heterocycles. The van der Waals surface area contributed by atoms with E-state index in [1.54, 1.807) is 12.4 Å². The number of aryl methyl sites for hydroxylation is 1. The molecule has 0 spiro atoms. The highest BCUT2D eigenvalue weighted by molar-refractivity contribution is 7.22. The quantitative estimate of drug-likeness (QED) is 0.787. The molecule has 0 radical (unpaired) electrons. The number of rotatable bonds is 3. The molecule has 0 aliphatic carbocycles. The molecule has 1 aromatic carbocycles. The average Bonchev–Trinajstić information content (AvgIpc) is 2.92. The Balaban J connectivity index is 1.81. The average molecular weight is 263 g/mol. The van der Waals surface area contributed by atoms with Crippen LogP contribution in [-0.2, 0) is 13.6 Å². The number of aromatic nitrogens is 4. The predicted molar refractivity (Wildman–Crippen MR) is 67.9 cm³/mol. The van der Waals surface area contributed by atoms with Crippen LogP contribution in [0.25, 0.3) is 10.2 Å². The minimum Gasteiger partial charge on any atom is -0.354 e. The van der Waals surface area contributed by atoms with E-state index < -0.39 is 0 Å². The van der Waals surface area contributed by atoms with Crippen molar-refractivity contribution in [2.24, 2.45) is 7.05 Å². The van der Waals surface area contributed by atoms with Gasteiger partial charge in [0.05, 0.1) is 16.8 Å². The van der Waals surface area contributed by atoms with Crippen LogP contribution >= 0.6 is 11.3 Å². The number of nitrogens with one attached hydrogen (secondary N) is 1. The number of hydrogen-bond donors (Lipinski definition) is 1. The van der Waals surface area contributed by atoms with Gasteiger partial charge in [-0.25, -0.2) is 9.37 Å².